The van der Waals surface area contributed by atoms with Crippen molar-refractivity contribution in [1.29, 1.82) is 5.26 Å². The number of rotatable bonds is 2. The highest BCUT2D eigenvalue weighted by molar-refractivity contribution is 5.99. The van der Waals surface area contributed by atoms with Crippen LogP contribution in [0.15, 0.2) is 69.7 Å². The van der Waals surface area contributed by atoms with Gasteiger partial charge in [0.25, 0.3) is 0 Å². The van der Waals surface area contributed by atoms with Crippen molar-refractivity contribution in [2.75, 3.05) is 0 Å². The molecule has 0 N–H and O–H groups in total. The van der Waals surface area contributed by atoms with Gasteiger partial charge in [0.1, 0.15) is 17.4 Å². The second-order valence-corrected chi connectivity index (χ2v) is 5.01. The van der Waals surface area contributed by atoms with Gasteiger partial charge in [0, 0.05) is 22.2 Å². The smallest absolute Gasteiger partial charge is 0.152 e. The summed E-state index contributed by atoms with van der Waals surface area (Å²) in [5.74, 6) is 1.21. The molecule has 3 nitrogen and oxygen atoms in total. The van der Waals surface area contributed by atoms with Crippen molar-refractivity contribution in [3.8, 4) is 6.07 Å². The maximum atomic E-state index is 9.47. The van der Waals surface area contributed by atoms with Crippen molar-refractivity contribution in [3.63, 3.8) is 0 Å². The van der Waals surface area contributed by atoms with Crippen molar-refractivity contribution in [2.24, 2.45) is 0 Å². The van der Waals surface area contributed by atoms with Crippen molar-refractivity contribution in [1.82, 2.24) is 0 Å². The van der Waals surface area contributed by atoms with Gasteiger partial charge in [-0.3, -0.25) is 0 Å². The fraction of sp³-hybridized carbons (Fsp3) is 0. The van der Waals surface area contributed by atoms with Crippen LogP contribution in [0.1, 0.15) is 11.5 Å². The van der Waals surface area contributed by atoms with E-state index in [1.807, 2.05) is 54.6 Å². The number of nitriles is 1. The highest BCUT2D eigenvalue weighted by Crippen LogP contribution is 2.29. The van der Waals surface area contributed by atoms with Crippen LogP contribution in [0.4, 0.5) is 0 Å². The maximum absolute atomic E-state index is 9.47. The van der Waals surface area contributed by atoms with Gasteiger partial charge in [0.2, 0.25) is 0 Å². The van der Waals surface area contributed by atoms with E-state index in [9.17, 15) is 5.26 Å². The van der Waals surface area contributed by atoms with Gasteiger partial charge in [0.05, 0.1) is 11.8 Å². The molecule has 104 valence electrons. The molecular weight excluding hydrogens is 274 g/mol. The van der Waals surface area contributed by atoms with Gasteiger partial charge in [0.15, 0.2) is 5.76 Å². The lowest BCUT2D eigenvalue weighted by Gasteiger charge is -1.94. The molecule has 2 aromatic carbocycles. The Balaban J connectivity index is 1.86. The Bertz CT molecular complexity index is 1010. The van der Waals surface area contributed by atoms with Crippen LogP contribution >= 0.6 is 0 Å². The lowest BCUT2D eigenvalue weighted by molar-refractivity contribution is 0.559. The van der Waals surface area contributed by atoms with E-state index in [-0.39, 0.29) is 0 Å². The quantitative estimate of drug-likeness (QED) is 0.473. The van der Waals surface area contributed by atoms with Gasteiger partial charge in [-0.15, -0.1) is 0 Å². The van der Waals surface area contributed by atoms with Crippen LogP contribution in [0.3, 0.4) is 0 Å². The summed E-state index contributed by atoms with van der Waals surface area (Å²) in [6, 6.07) is 19.6. The normalized spacial score (nSPS) is 11.9. The van der Waals surface area contributed by atoms with Gasteiger partial charge < -0.3 is 8.83 Å². The molecule has 0 atom stereocenters. The van der Waals surface area contributed by atoms with E-state index in [2.05, 4.69) is 6.07 Å². The fourth-order valence-electron chi connectivity index (χ4n) is 2.57. The lowest BCUT2D eigenvalue weighted by Crippen LogP contribution is -1.78. The summed E-state index contributed by atoms with van der Waals surface area (Å²) in [6.07, 6.45) is 3.37. The molecule has 0 aliphatic rings. The van der Waals surface area contributed by atoms with Crippen molar-refractivity contribution in [2.45, 2.75) is 0 Å². The molecule has 0 bridgehead atoms. The minimum absolute atomic E-state index is 0.445. The van der Waals surface area contributed by atoms with Crippen LogP contribution in [-0.4, -0.2) is 0 Å². The number of para-hydroxylation sites is 1. The predicted molar refractivity (Wildman–Crippen MR) is 85.9 cm³/mol. The zero-order valence-electron chi connectivity index (χ0n) is 11.6. The van der Waals surface area contributed by atoms with Crippen LogP contribution < -0.4 is 0 Å². The Morgan fingerprint density at radius 3 is 2.59 bits per heavy atom. The van der Waals surface area contributed by atoms with E-state index in [4.69, 9.17) is 8.83 Å². The summed E-state index contributed by atoms with van der Waals surface area (Å²) in [5.41, 5.74) is 1.25. The molecule has 0 radical (unpaired) electrons. The molecule has 4 aromatic rings. The van der Waals surface area contributed by atoms with Gasteiger partial charge in [-0.05, 0) is 12.1 Å². The van der Waals surface area contributed by atoms with Crippen LogP contribution in [0, 0.1) is 11.3 Å². The number of nitrogens with zero attached hydrogens (tertiary/aromatic N) is 1. The Kier molecular flexibility index (Phi) is 2.80. The van der Waals surface area contributed by atoms with Crippen LogP contribution in [0.5, 0.6) is 0 Å². The molecule has 2 aromatic heterocycles. The second-order valence-electron chi connectivity index (χ2n) is 5.01. The van der Waals surface area contributed by atoms with Crippen LogP contribution in [0.2, 0.25) is 0 Å². The fourth-order valence-corrected chi connectivity index (χ4v) is 2.57. The van der Waals surface area contributed by atoms with E-state index in [1.54, 1.807) is 12.3 Å². The number of fused-ring (bicyclic) bond motifs is 2. The molecule has 22 heavy (non-hydrogen) atoms. The summed E-state index contributed by atoms with van der Waals surface area (Å²) in [6.45, 7) is 0. The number of allylic oxidation sites excluding steroid dienone is 1. The predicted octanol–water partition coefficient (Wildman–Crippen LogP) is 5.24. The number of benzene rings is 2. The Hall–Kier alpha value is -3.25. The molecule has 3 heteroatoms. The molecule has 2 heterocycles. The maximum Gasteiger partial charge on any atom is 0.152 e. The first-order valence-corrected chi connectivity index (χ1v) is 6.92. The molecule has 0 amide bonds. The molecule has 0 unspecified atom stereocenters. The Labute approximate surface area is 126 Å². The Morgan fingerprint density at radius 1 is 1.00 bits per heavy atom. The van der Waals surface area contributed by atoms with Crippen molar-refractivity contribution in [3.05, 3.63) is 72.4 Å². The van der Waals surface area contributed by atoms with E-state index < -0.39 is 0 Å². The second kappa shape index (κ2) is 4.94. The third-order valence-electron chi connectivity index (χ3n) is 3.61. The summed E-state index contributed by atoms with van der Waals surface area (Å²) in [4.78, 5) is 0. The van der Waals surface area contributed by atoms with E-state index >= 15 is 0 Å². The average Bonchev–Trinajstić information content (AvgIpc) is 3.16. The van der Waals surface area contributed by atoms with E-state index in [0.717, 1.165) is 21.7 Å². The largest absolute Gasteiger partial charge is 0.462 e. The molecule has 0 spiro atoms. The molecule has 0 saturated heterocycles. The highest BCUT2D eigenvalue weighted by Gasteiger charge is 2.12. The minimum atomic E-state index is 0.445. The molecule has 0 aliphatic carbocycles. The van der Waals surface area contributed by atoms with Gasteiger partial charge in [-0.25, -0.2) is 0 Å². The summed E-state index contributed by atoms with van der Waals surface area (Å²) in [7, 11) is 0. The molecule has 0 aliphatic heterocycles. The first kappa shape index (κ1) is 12.5. The van der Waals surface area contributed by atoms with E-state index in [0.29, 0.717) is 17.1 Å². The average molecular weight is 285 g/mol. The molecule has 0 saturated carbocycles. The lowest BCUT2D eigenvalue weighted by atomic mass is 10.1. The zero-order valence-corrected chi connectivity index (χ0v) is 11.6. The summed E-state index contributed by atoms with van der Waals surface area (Å²) in [5, 5.41) is 12.4. The third kappa shape index (κ3) is 1.99. The SMILES string of the molecule is N#CC(=Cc1cc2ccccc2o1)c1occ2ccccc12. The number of furan rings is 2. The summed E-state index contributed by atoms with van der Waals surface area (Å²) < 4.78 is 11.3. The Morgan fingerprint density at radius 2 is 1.77 bits per heavy atom. The van der Waals surface area contributed by atoms with Crippen LogP contribution in [-0.2, 0) is 0 Å². The highest BCUT2D eigenvalue weighted by atomic mass is 16.3. The number of hydrogen-bond acceptors (Lipinski definition) is 3. The monoisotopic (exact) mass is 285 g/mol. The van der Waals surface area contributed by atoms with E-state index in [1.165, 1.54) is 0 Å². The number of hydrogen-bond donors (Lipinski definition) is 0. The van der Waals surface area contributed by atoms with Gasteiger partial charge >= 0.3 is 0 Å². The molecular formula is C19H11NO2. The molecule has 0 fully saturated rings. The van der Waals surface area contributed by atoms with Crippen molar-refractivity contribution < 1.29 is 8.83 Å². The molecule has 4 rings (SSSR count). The minimum Gasteiger partial charge on any atom is -0.462 e. The van der Waals surface area contributed by atoms with Gasteiger partial charge in [-0.1, -0.05) is 42.5 Å². The topological polar surface area (TPSA) is 50.1 Å². The standard InChI is InChI=1S/C19H11NO2/c20-11-15(19-17-7-3-1-6-14(17)12-21-19)10-16-9-13-5-2-4-8-18(13)22-16/h1-10,12H. The van der Waals surface area contributed by atoms with Crippen LogP contribution in [0.25, 0.3) is 33.4 Å². The first-order chi connectivity index (χ1) is 10.8. The third-order valence-corrected chi connectivity index (χ3v) is 3.61. The van der Waals surface area contributed by atoms with Crippen molar-refractivity contribution >= 4 is 33.4 Å². The first-order valence-electron chi connectivity index (χ1n) is 6.92. The summed E-state index contributed by atoms with van der Waals surface area (Å²) >= 11 is 0. The van der Waals surface area contributed by atoms with Gasteiger partial charge in [-0.2, -0.15) is 5.26 Å². The zero-order chi connectivity index (χ0) is 14.9.